The quantitative estimate of drug-likeness (QED) is 0.151. The summed E-state index contributed by atoms with van der Waals surface area (Å²) >= 11 is 1.74. The number of ether oxygens (including phenoxy) is 1. The summed E-state index contributed by atoms with van der Waals surface area (Å²) < 4.78 is 31.2. The molecule has 4 rings (SSSR count). The summed E-state index contributed by atoms with van der Waals surface area (Å²) in [6.45, 7) is -0.267. The molecule has 2 amide bonds. The van der Waals surface area contributed by atoms with Gasteiger partial charge in [0.15, 0.2) is 11.7 Å². The summed E-state index contributed by atoms with van der Waals surface area (Å²) in [5, 5.41) is 15.1. The summed E-state index contributed by atoms with van der Waals surface area (Å²) in [5.41, 5.74) is 1.72. The third kappa shape index (κ3) is 7.36. The molecule has 7 nitrogen and oxygen atoms in total. The maximum atomic E-state index is 12.5. The molecule has 186 valence electrons. The smallest absolute Gasteiger partial charge is 0.288 e. The number of nitriles is 1. The van der Waals surface area contributed by atoms with Crippen LogP contribution >= 0.6 is 23.1 Å². The fraction of sp³-hybridized carbons (Fsp3) is 0.0769. The predicted molar refractivity (Wildman–Crippen MR) is 141 cm³/mol. The molecule has 0 saturated carbocycles. The molecule has 0 aliphatic heterocycles. The summed E-state index contributed by atoms with van der Waals surface area (Å²) in [7, 11) is 0. The number of nitrogens with one attached hydrogen (secondary N) is 2. The van der Waals surface area contributed by atoms with Crippen LogP contribution in [0.2, 0.25) is 0 Å². The number of hydrogen-bond donors (Lipinski definition) is 2. The van der Waals surface area contributed by atoms with Crippen LogP contribution in [0.3, 0.4) is 0 Å². The summed E-state index contributed by atoms with van der Waals surface area (Å²) in [5.74, 6) is -3.09. The molecule has 0 spiro atoms. The highest BCUT2D eigenvalue weighted by molar-refractivity contribution is 7.99. The van der Waals surface area contributed by atoms with Crippen LogP contribution in [-0.2, 0) is 9.59 Å². The number of thiazole rings is 1. The average molecular weight is 537 g/mol. The lowest BCUT2D eigenvalue weighted by molar-refractivity contribution is -0.118. The molecule has 0 bridgehead atoms. The molecule has 0 unspecified atom stereocenters. The van der Waals surface area contributed by atoms with Crippen LogP contribution in [0.1, 0.15) is 5.56 Å². The van der Waals surface area contributed by atoms with Crippen LogP contribution in [-0.4, -0.2) is 29.2 Å². The Morgan fingerprint density at radius 3 is 2.46 bits per heavy atom. The zero-order chi connectivity index (χ0) is 26.2. The van der Waals surface area contributed by atoms with E-state index in [1.807, 2.05) is 30.3 Å². The van der Waals surface area contributed by atoms with Crippen LogP contribution in [0.25, 0.3) is 16.3 Å². The average Bonchev–Trinajstić information content (AvgIpc) is 3.30. The SMILES string of the molecule is N#C/C(=C\c1ccc(OCC(=O)Nc2ccc(SC(F)F)cc2)cc1)C(=O)Nc1nc2ccccc2s1. The van der Waals surface area contributed by atoms with Crippen molar-refractivity contribution < 1.29 is 23.1 Å². The molecular weight excluding hydrogens is 518 g/mol. The first-order valence-electron chi connectivity index (χ1n) is 10.8. The van der Waals surface area contributed by atoms with Gasteiger partial charge in [-0.05, 0) is 60.2 Å². The van der Waals surface area contributed by atoms with Crippen molar-refractivity contribution in [2.45, 2.75) is 10.7 Å². The van der Waals surface area contributed by atoms with E-state index in [0.29, 0.717) is 38.8 Å². The van der Waals surface area contributed by atoms with E-state index in [9.17, 15) is 23.6 Å². The highest BCUT2D eigenvalue weighted by Gasteiger charge is 2.13. The van der Waals surface area contributed by atoms with Gasteiger partial charge in [-0.15, -0.1) is 0 Å². The van der Waals surface area contributed by atoms with Gasteiger partial charge in [-0.3, -0.25) is 14.9 Å². The second kappa shape index (κ2) is 12.1. The summed E-state index contributed by atoms with van der Waals surface area (Å²) in [6, 6.07) is 21.9. The van der Waals surface area contributed by atoms with Gasteiger partial charge in [0.25, 0.3) is 17.6 Å². The molecule has 0 aliphatic carbocycles. The number of benzene rings is 3. The molecule has 0 saturated heterocycles. The lowest BCUT2D eigenvalue weighted by atomic mass is 10.1. The van der Waals surface area contributed by atoms with E-state index in [1.54, 1.807) is 24.3 Å². The maximum absolute atomic E-state index is 12.5. The molecule has 1 aromatic heterocycles. The number of halogens is 2. The first-order valence-corrected chi connectivity index (χ1v) is 12.5. The van der Waals surface area contributed by atoms with Crippen molar-refractivity contribution >= 4 is 62.0 Å². The topological polar surface area (TPSA) is 104 Å². The number of rotatable bonds is 9. The first-order chi connectivity index (χ1) is 17.9. The Bertz CT molecular complexity index is 1450. The van der Waals surface area contributed by atoms with Crippen LogP contribution < -0.4 is 15.4 Å². The second-order valence-electron chi connectivity index (χ2n) is 7.42. The van der Waals surface area contributed by atoms with Gasteiger partial charge in [-0.2, -0.15) is 14.0 Å². The molecular formula is C26H18F2N4O3S2. The summed E-state index contributed by atoms with van der Waals surface area (Å²) in [4.78, 5) is 29.4. The van der Waals surface area contributed by atoms with Gasteiger partial charge in [0.1, 0.15) is 17.4 Å². The fourth-order valence-electron chi connectivity index (χ4n) is 3.13. The Balaban J connectivity index is 1.30. The number of amides is 2. The lowest BCUT2D eigenvalue weighted by Crippen LogP contribution is -2.20. The number of para-hydroxylation sites is 1. The number of carbonyl (C=O) groups excluding carboxylic acids is 2. The van der Waals surface area contributed by atoms with Gasteiger partial charge in [-0.1, -0.05) is 47.4 Å². The highest BCUT2D eigenvalue weighted by atomic mass is 32.2. The van der Waals surface area contributed by atoms with E-state index in [2.05, 4.69) is 15.6 Å². The number of anilines is 2. The largest absolute Gasteiger partial charge is 0.484 e. The van der Waals surface area contributed by atoms with Crippen LogP contribution in [0, 0.1) is 11.3 Å². The van der Waals surface area contributed by atoms with Gasteiger partial charge in [0, 0.05) is 10.6 Å². The minimum Gasteiger partial charge on any atom is -0.484 e. The fourth-order valence-corrected chi connectivity index (χ4v) is 4.49. The molecule has 37 heavy (non-hydrogen) atoms. The molecule has 3 aromatic carbocycles. The van der Waals surface area contributed by atoms with Crippen molar-refractivity contribution in [3.63, 3.8) is 0 Å². The zero-order valence-corrected chi connectivity index (χ0v) is 20.6. The lowest BCUT2D eigenvalue weighted by Gasteiger charge is -2.08. The van der Waals surface area contributed by atoms with Crippen molar-refractivity contribution in [2.75, 3.05) is 17.2 Å². The van der Waals surface area contributed by atoms with Crippen molar-refractivity contribution in [2.24, 2.45) is 0 Å². The Hall–Kier alpha value is -4.27. The van der Waals surface area contributed by atoms with Crippen LogP contribution in [0.4, 0.5) is 19.6 Å². The van der Waals surface area contributed by atoms with E-state index in [0.717, 1.165) is 10.2 Å². The van der Waals surface area contributed by atoms with Crippen molar-refractivity contribution in [1.82, 2.24) is 4.98 Å². The van der Waals surface area contributed by atoms with Crippen molar-refractivity contribution in [3.8, 4) is 11.8 Å². The summed E-state index contributed by atoms with van der Waals surface area (Å²) in [6.07, 6.45) is 1.44. The van der Waals surface area contributed by atoms with E-state index in [4.69, 9.17) is 4.74 Å². The zero-order valence-electron chi connectivity index (χ0n) is 19.0. The second-order valence-corrected chi connectivity index (χ2v) is 9.51. The van der Waals surface area contributed by atoms with Gasteiger partial charge in [0.2, 0.25) is 0 Å². The number of fused-ring (bicyclic) bond motifs is 1. The highest BCUT2D eigenvalue weighted by Crippen LogP contribution is 2.27. The van der Waals surface area contributed by atoms with Crippen molar-refractivity contribution in [1.29, 1.82) is 5.26 Å². The standard InChI is InChI=1S/C26H18F2N4O3S2/c27-25(28)36-20-11-7-18(8-12-20)30-23(33)15-35-19-9-5-16(6-10-19)13-17(14-29)24(34)32-26-31-21-3-1-2-4-22(21)37-26/h1-13,25H,15H2,(H,30,33)(H,31,32,34)/b17-13+. The Labute approximate surface area is 218 Å². The normalized spacial score (nSPS) is 11.2. The van der Waals surface area contributed by atoms with Crippen LogP contribution in [0.15, 0.2) is 83.3 Å². The van der Waals surface area contributed by atoms with Gasteiger partial charge in [-0.25, -0.2) is 4.98 Å². The number of aromatic nitrogens is 1. The van der Waals surface area contributed by atoms with E-state index in [1.165, 1.54) is 41.7 Å². The number of carbonyl (C=O) groups is 2. The molecule has 0 radical (unpaired) electrons. The van der Waals surface area contributed by atoms with Gasteiger partial charge >= 0.3 is 0 Å². The third-order valence-corrected chi connectivity index (χ3v) is 6.48. The maximum Gasteiger partial charge on any atom is 0.288 e. The molecule has 2 N–H and O–H groups in total. The molecule has 0 aliphatic rings. The molecule has 0 atom stereocenters. The minimum atomic E-state index is -2.51. The molecule has 1 heterocycles. The number of alkyl halides is 2. The van der Waals surface area contributed by atoms with Gasteiger partial charge in [0.05, 0.1) is 10.2 Å². The Morgan fingerprint density at radius 1 is 1.05 bits per heavy atom. The molecule has 4 aromatic rings. The third-order valence-electron chi connectivity index (χ3n) is 4.80. The number of nitrogens with zero attached hydrogens (tertiary/aromatic N) is 2. The Morgan fingerprint density at radius 2 is 1.78 bits per heavy atom. The number of thioether (sulfide) groups is 1. The molecule has 0 fully saturated rings. The minimum absolute atomic E-state index is 0.0923. The monoisotopic (exact) mass is 536 g/mol. The van der Waals surface area contributed by atoms with E-state index >= 15 is 0 Å². The molecule has 11 heteroatoms. The first kappa shape index (κ1) is 25.8. The Kier molecular flexibility index (Phi) is 8.45. The predicted octanol–water partition coefficient (Wildman–Crippen LogP) is 6.17. The van der Waals surface area contributed by atoms with Gasteiger partial charge < -0.3 is 10.1 Å². The van der Waals surface area contributed by atoms with E-state index in [-0.39, 0.29) is 12.2 Å². The van der Waals surface area contributed by atoms with Crippen molar-refractivity contribution in [3.05, 3.63) is 83.9 Å². The van der Waals surface area contributed by atoms with E-state index < -0.39 is 17.6 Å². The number of hydrogen-bond acceptors (Lipinski definition) is 7. The van der Waals surface area contributed by atoms with Crippen LogP contribution in [0.5, 0.6) is 5.75 Å².